The summed E-state index contributed by atoms with van der Waals surface area (Å²) in [7, 11) is 0. The molecule has 1 heterocycles. The van der Waals surface area contributed by atoms with E-state index in [1.54, 1.807) is 18.2 Å². The van der Waals surface area contributed by atoms with Gasteiger partial charge in [0.15, 0.2) is 0 Å². The van der Waals surface area contributed by atoms with Crippen molar-refractivity contribution in [2.24, 2.45) is 0 Å². The number of halogens is 2. The molecule has 0 bridgehead atoms. The van der Waals surface area contributed by atoms with Gasteiger partial charge in [0.25, 0.3) is 0 Å². The van der Waals surface area contributed by atoms with E-state index in [-0.39, 0.29) is 5.82 Å². The molecule has 0 aliphatic carbocycles. The third kappa shape index (κ3) is 3.03. The van der Waals surface area contributed by atoms with Crippen molar-refractivity contribution in [3.05, 3.63) is 58.4 Å². The van der Waals surface area contributed by atoms with Crippen LogP contribution in [-0.4, -0.2) is 4.98 Å². The summed E-state index contributed by atoms with van der Waals surface area (Å²) in [5.74, 6) is 0.294. The molecule has 82 valence electrons. The zero-order valence-corrected chi connectivity index (χ0v) is 9.95. The third-order valence-corrected chi connectivity index (χ3v) is 2.43. The number of pyridine rings is 1. The summed E-state index contributed by atoms with van der Waals surface area (Å²) >= 11 is 3.26. The summed E-state index contributed by atoms with van der Waals surface area (Å²) < 4.78 is 18.8. The fraction of sp³-hybridized carbons (Fsp3) is 0.0833. The molecule has 0 aliphatic rings. The Labute approximate surface area is 101 Å². The second-order valence-corrected chi connectivity index (χ2v) is 4.03. The molecule has 0 radical (unpaired) electrons. The highest BCUT2D eigenvalue weighted by atomic mass is 79.9. The standard InChI is InChI=1S/C12H9BrFNO/c13-11-2-1-3-12(15-11)16-8-9-4-6-10(14)7-5-9/h1-7H,8H2. The number of ether oxygens (including phenoxy) is 1. The van der Waals surface area contributed by atoms with Gasteiger partial charge in [0.1, 0.15) is 17.0 Å². The van der Waals surface area contributed by atoms with Crippen LogP contribution in [0.15, 0.2) is 47.1 Å². The minimum Gasteiger partial charge on any atom is -0.473 e. The highest BCUT2D eigenvalue weighted by molar-refractivity contribution is 9.10. The van der Waals surface area contributed by atoms with E-state index in [4.69, 9.17) is 4.74 Å². The number of rotatable bonds is 3. The van der Waals surface area contributed by atoms with Gasteiger partial charge in [-0.1, -0.05) is 18.2 Å². The maximum absolute atomic E-state index is 12.6. The van der Waals surface area contributed by atoms with E-state index in [0.29, 0.717) is 12.5 Å². The van der Waals surface area contributed by atoms with Crippen molar-refractivity contribution in [1.82, 2.24) is 4.98 Å². The Bertz CT molecular complexity index is 473. The maximum atomic E-state index is 12.6. The zero-order valence-electron chi connectivity index (χ0n) is 8.36. The van der Waals surface area contributed by atoms with Gasteiger partial charge in [-0.15, -0.1) is 0 Å². The van der Waals surface area contributed by atoms with Gasteiger partial charge in [-0.05, 0) is 39.7 Å². The van der Waals surface area contributed by atoms with Gasteiger partial charge < -0.3 is 4.74 Å². The molecule has 0 saturated heterocycles. The fourth-order valence-corrected chi connectivity index (χ4v) is 1.54. The molecule has 1 aromatic heterocycles. The van der Waals surface area contributed by atoms with Crippen molar-refractivity contribution in [1.29, 1.82) is 0 Å². The monoisotopic (exact) mass is 281 g/mol. The largest absolute Gasteiger partial charge is 0.473 e. The van der Waals surface area contributed by atoms with Gasteiger partial charge in [0.2, 0.25) is 5.88 Å². The van der Waals surface area contributed by atoms with Crippen molar-refractivity contribution < 1.29 is 9.13 Å². The van der Waals surface area contributed by atoms with Gasteiger partial charge >= 0.3 is 0 Å². The highest BCUT2D eigenvalue weighted by Crippen LogP contribution is 2.14. The number of aromatic nitrogens is 1. The molecule has 2 rings (SSSR count). The lowest BCUT2D eigenvalue weighted by atomic mass is 10.2. The molecule has 16 heavy (non-hydrogen) atoms. The van der Waals surface area contributed by atoms with Crippen LogP contribution in [0.1, 0.15) is 5.56 Å². The van der Waals surface area contributed by atoms with Crippen LogP contribution in [0.25, 0.3) is 0 Å². The molecular formula is C12H9BrFNO. The Hall–Kier alpha value is -1.42. The fourth-order valence-electron chi connectivity index (χ4n) is 1.21. The smallest absolute Gasteiger partial charge is 0.214 e. The van der Waals surface area contributed by atoms with Crippen LogP contribution in [0.2, 0.25) is 0 Å². The third-order valence-electron chi connectivity index (χ3n) is 1.99. The molecule has 0 N–H and O–H groups in total. The first-order valence-electron chi connectivity index (χ1n) is 4.74. The van der Waals surface area contributed by atoms with Crippen LogP contribution >= 0.6 is 15.9 Å². The molecule has 0 aliphatic heterocycles. The molecule has 0 amide bonds. The van der Waals surface area contributed by atoms with E-state index >= 15 is 0 Å². The number of hydrogen-bond donors (Lipinski definition) is 0. The lowest BCUT2D eigenvalue weighted by Gasteiger charge is -2.05. The van der Waals surface area contributed by atoms with Crippen molar-refractivity contribution in [2.75, 3.05) is 0 Å². The highest BCUT2D eigenvalue weighted by Gasteiger charge is 1.98. The molecular weight excluding hydrogens is 273 g/mol. The number of hydrogen-bond acceptors (Lipinski definition) is 2. The van der Waals surface area contributed by atoms with E-state index in [1.165, 1.54) is 12.1 Å². The Morgan fingerprint density at radius 3 is 2.56 bits per heavy atom. The summed E-state index contributed by atoms with van der Waals surface area (Å²) in [4.78, 5) is 4.13. The first-order valence-corrected chi connectivity index (χ1v) is 5.53. The molecule has 0 unspecified atom stereocenters. The van der Waals surface area contributed by atoms with E-state index in [2.05, 4.69) is 20.9 Å². The van der Waals surface area contributed by atoms with Gasteiger partial charge in [-0.2, -0.15) is 0 Å². The van der Waals surface area contributed by atoms with Crippen LogP contribution in [0, 0.1) is 5.82 Å². The first-order chi connectivity index (χ1) is 7.74. The Morgan fingerprint density at radius 2 is 1.88 bits per heavy atom. The van der Waals surface area contributed by atoms with Gasteiger partial charge in [0.05, 0.1) is 0 Å². The van der Waals surface area contributed by atoms with Crippen molar-refractivity contribution >= 4 is 15.9 Å². The predicted molar refractivity (Wildman–Crippen MR) is 62.7 cm³/mol. The average Bonchev–Trinajstić information content (AvgIpc) is 2.28. The van der Waals surface area contributed by atoms with E-state index in [9.17, 15) is 4.39 Å². The molecule has 4 heteroatoms. The lowest BCUT2D eigenvalue weighted by molar-refractivity contribution is 0.293. The minimum absolute atomic E-state index is 0.246. The van der Waals surface area contributed by atoms with Crippen LogP contribution in [0.5, 0.6) is 5.88 Å². The van der Waals surface area contributed by atoms with Gasteiger partial charge in [0, 0.05) is 6.07 Å². The molecule has 0 atom stereocenters. The van der Waals surface area contributed by atoms with E-state index in [1.807, 2.05) is 12.1 Å². The Morgan fingerprint density at radius 1 is 1.12 bits per heavy atom. The second-order valence-electron chi connectivity index (χ2n) is 3.21. The topological polar surface area (TPSA) is 22.1 Å². The van der Waals surface area contributed by atoms with Crippen LogP contribution in [0.4, 0.5) is 4.39 Å². The van der Waals surface area contributed by atoms with Gasteiger partial charge in [-0.25, -0.2) is 9.37 Å². The molecule has 2 nitrogen and oxygen atoms in total. The number of nitrogens with zero attached hydrogens (tertiary/aromatic N) is 1. The summed E-state index contributed by atoms with van der Waals surface area (Å²) in [5, 5.41) is 0. The van der Waals surface area contributed by atoms with E-state index in [0.717, 1.165) is 10.2 Å². The summed E-state index contributed by atoms with van der Waals surface area (Å²) in [6.07, 6.45) is 0. The normalized spacial score (nSPS) is 10.1. The molecule has 1 aromatic carbocycles. The molecule has 2 aromatic rings. The zero-order chi connectivity index (χ0) is 11.4. The van der Waals surface area contributed by atoms with E-state index < -0.39 is 0 Å². The maximum Gasteiger partial charge on any atom is 0.214 e. The lowest BCUT2D eigenvalue weighted by Crippen LogP contribution is -1.97. The second kappa shape index (κ2) is 5.07. The molecule has 0 spiro atoms. The summed E-state index contributed by atoms with van der Waals surface area (Å²) in [5.41, 5.74) is 0.906. The Kier molecular flexibility index (Phi) is 3.51. The minimum atomic E-state index is -0.246. The molecule has 0 fully saturated rings. The van der Waals surface area contributed by atoms with Crippen molar-refractivity contribution in [3.8, 4) is 5.88 Å². The van der Waals surface area contributed by atoms with Gasteiger partial charge in [-0.3, -0.25) is 0 Å². The SMILES string of the molecule is Fc1ccc(COc2cccc(Br)n2)cc1. The Balaban J connectivity index is 1.99. The van der Waals surface area contributed by atoms with Crippen molar-refractivity contribution in [2.45, 2.75) is 6.61 Å². The first kappa shape index (κ1) is 11.1. The summed E-state index contributed by atoms with van der Waals surface area (Å²) in [6, 6.07) is 11.6. The van der Waals surface area contributed by atoms with Crippen molar-refractivity contribution in [3.63, 3.8) is 0 Å². The van der Waals surface area contributed by atoms with Crippen LogP contribution in [-0.2, 0) is 6.61 Å². The molecule has 0 saturated carbocycles. The van der Waals surface area contributed by atoms with Crippen LogP contribution < -0.4 is 4.74 Å². The number of benzene rings is 1. The predicted octanol–water partition coefficient (Wildman–Crippen LogP) is 3.56. The average molecular weight is 282 g/mol. The summed E-state index contributed by atoms with van der Waals surface area (Å²) in [6.45, 7) is 0.379. The quantitative estimate of drug-likeness (QED) is 0.803. The van der Waals surface area contributed by atoms with Crippen LogP contribution in [0.3, 0.4) is 0 Å².